The Morgan fingerprint density at radius 3 is 2.45 bits per heavy atom. The molecule has 3 rings (SSSR count). The molecule has 2 aromatic heterocycles. The van der Waals surface area contributed by atoms with Gasteiger partial charge in [-0.3, -0.25) is 0 Å². The minimum atomic E-state index is 0.686. The van der Waals surface area contributed by atoms with E-state index in [9.17, 15) is 0 Å². The molecule has 1 fully saturated rings. The molecule has 1 saturated heterocycles. The van der Waals surface area contributed by atoms with Gasteiger partial charge in [-0.05, 0) is 34.1 Å². The summed E-state index contributed by atoms with van der Waals surface area (Å²) < 4.78 is 0.901. The van der Waals surface area contributed by atoms with Gasteiger partial charge in [0.05, 0.1) is 5.02 Å². The van der Waals surface area contributed by atoms with Crippen molar-refractivity contribution in [2.75, 3.05) is 36.0 Å². The Hall–Kier alpha value is -1.33. The monoisotopic (exact) mass is 352 g/mol. The summed E-state index contributed by atoms with van der Waals surface area (Å²) in [5.74, 6) is 1.89. The molecule has 0 unspecified atom stereocenters. The average Bonchev–Trinajstić information content (AvgIpc) is 2.48. The molecule has 0 saturated carbocycles. The summed E-state index contributed by atoms with van der Waals surface area (Å²) in [7, 11) is 0. The molecule has 0 bridgehead atoms. The summed E-state index contributed by atoms with van der Waals surface area (Å²) in [5, 5.41) is 0.686. The smallest absolute Gasteiger partial charge is 0.147 e. The highest BCUT2D eigenvalue weighted by Crippen LogP contribution is 2.27. The quantitative estimate of drug-likeness (QED) is 0.830. The second kappa shape index (κ2) is 5.97. The molecule has 20 heavy (non-hydrogen) atoms. The molecule has 3 heterocycles. The molecule has 6 heteroatoms. The van der Waals surface area contributed by atoms with Crippen molar-refractivity contribution >= 4 is 39.2 Å². The van der Waals surface area contributed by atoms with Crippen molar-refractivity contribution < 1.29 is 0 Å². The Bertz CT molecular complexity index is 585. The fourth-order valence-electron chi connectivity index (χ4n) is 2.33. The largest absolute Gasteiger partial charge is 0.353 e. The first-order valence-corrected chi connectivity index (χ1v) is 7.63. The number of anilines is 2. The SMILES string of the molecule is Clc1cc(Br)cnc1N1CCN(c2ccccn2)CC1. The van der Waals surface area contributed by atoms with E-state index in [2.05, 4.69) is 35.7 Å². The van der Waals surface area contributed by atoms with Crippen LogP contribution in [0.25, 0.3) is 0 Å². The number of aromatic nitrogens is 2. The number of halogens is 2. The number of nitrogens with zero attached hydrogens (tertiary/aromatic N) is 4. The molecule has 2 aromatic rings. The first-order chi connectivity index (χ1) is 9.74. The zero-order valence-corrected chi connectivity index (χ0v) is 13.2. The van der Waals surface area contributed by atoms with Crippen molar-refractivity contribution in [1.82, 2.24) is 9.97 Å². The number of piperazine rings is 1. The molecule has 0 aromatic carbocycles. The molecule has 104 valence electrons. The van der Waals surface area contributed by atoms with E-state index in [0.717, 1.165) is 42.3 Å². The van der Waals surface area contributed by atoms with Crippen molar-refractivity contribution in [3.63, 3.8) is 0 Å². The van der Waals surface area contributed by atoms with Gasteiger partial charge >= 0.3 is 0 Å². The van der Waals surface area contributed by atoms with Crippen LogP contribution in [0.1, 0.15) is 0 Å². The molecule has 0 amide bonds. The standard InChI is InChI=1S/C14H14BrClN4/c15-11-9-12(16)14(18-10-11)20-7-5-19(6-8-20)13-3-1-2-4-17-13/h1-4,9-10H,5-8H2. The Morgan fingerprint density at radius 1 is 1.05 bits per heavy atom. The molecule has 0 aliphatic carbocycles. The third-order valence-corrected chi connectivity index (χ3v) is 4.05. The highest BCUT2D eigenvalue weighted by atomic mass is 79.9. The van der Waals surface area contributed by atoms with Gasteiger partial charge in [-0.25, -0.2) is 9.97 Å². The van der Waals surface area contributed by atoms with Crippen molar-refractivity contribution in [2.24, 2.45) is 0 Å². The van der Waals surface area contributed by atoms with Gasteiger partial charge in [-0.1, -0.05) is 17.7 Å². The number of pyridine rings is 2. The Morgan fingerprint density at radius 2 is 1.80 bits per heavy atom. The van der Waals surface area contributed by atoms with E-state index >= 15 is 0 Å². The van der Waals surface area contributed by atoms with Gasteiger partial charge in [0.25, 0.3) is 0 Å². The summed E-state index contributed by atoms with van der Waals surface area (Å²) in [6.07, 6.45) is 3.61. The maximum atomic E-state index is 6.26. The number of rotatable bonds is 2. The van der Waals surface area contributed by atoms with Gasteiger partial charge in [-0.2, -0.15) is 0 Å². The topological polar surface area (TPSA) is 32.3 Å². The predicted molar refractivity (Wildman–Crippen MR) is 85.6 cm³/mol. The van der Waals surface area contributed by atoms with Crippen LogP contribution >= 0.6 is 27.5 Å². The van der Waals surface area contributed by atoms with Crippen LogP contribution in [0, 0.1) is 0 Å². The lowest BCUT2D eigenvalue weighted by molar-refractivity contribution is 0.642. The zero-order chi connectivity index (χ0) is 13.9. The van der Waals surface area contributed by atoms with Crippen molar-refractivity contribution in [2.45, 2.75) is 0 Å². The fraction of sp³-hybridized carbons (Fsp3) is 0.286. The van der Waals surface area contributed by atoms with Crippen molar-refractivity contribution in [1.29, 1.82) is 0 Å². The van der Waals surface area contributed by atoms with Gasteiger partial charge in [0.1, 0.15) is 11.6 Å². The van der Waals surface area contributed by atoms with Crippen LogP contribution in [-0.2, 0) is 0 Å². The van der Waals surface area contributed by atoms with Crippen LogP contribution in [0.2, 0.25) is 5.02 Å². The lowest BCUT2D eigenvalue weighted by Gasteiger charge is -2.36. The van der Waals surface area contributed by atoms with Gasteiger partial charge in [0.2, 0.25) is 0 Å². The molecule has 4 nitrogen and oxygen atoms in total. The second-order valence-electron chi connectivity index (χ2n) is 4.62. The van der Waals surface area contributed by atoms with Crippen LogP contribution in [-0.4, -0.2) is 36.1 Å². The zero-order valence-electron chi connectivity index (χ0n) is 10.8. The van der Waals surface area contributed by atoms with E-state index < -0.39 is 0 Å². The van der Waals surface area contributed by atoms with E-state index in [1.54, 1.807) is 6.20 Å². The van der Waals surface area contributed by atoms with Crippen LogP contribution in [0.15, 0.2) is 41.1 Å². The molecule has 1 aliphatic rings. The van der Waals surface area contributed by atoms with Gasteiger partial charge in [0.15, 0.2) is 0 Å². The summed E-state index contributed by atoms with van der Waals surface area (Å²) in [4.78, 5) is 13.3. The lowest BCUT2D eigenvalue weighted by Crippen LogP contribution is -2.47. The summed E-state index contributed by atoms with van der Waals surface area (Å²) in [6.45, 7) is 3.63. The number of hydrogen-bond donors (Lipinski definition) is 0. The normalized spacial score (nSPS) is 15.5. The second-order valence-corrected chi connectivity index (χ2v) is 5.94. The van der Waals surface area contributed by atoms with Crippen LogP contribution < -0.4 is 9.80 Å². The predicted octanol–water partition coefficient (Wildman–Crippen LogP) is 3.22. The van der Waals surface area contributed by atoms with E-state index in [-0.39, 0.29) is 0 Å². The summed E-state index contributed by atoms with van der Waals surface area (Å²) in [5.41, 5.74) is 0. The maximum absolute atomic E-state index is 6.26. The van der Waals surface area contributed by atoms with Gasteiger partial charge in [0, 0.05) is 43.0 Å². The maximum Gasteiger partial charge on any atom is 0.147 e. The molecule has 0 radical (unpaired) electrons. The third-order valence-electron chi connectivity index (χ3n) is 3.34. The Balaban J connectivity index is 1.69. The lowest BCUT2D eigenvalue weighted by atomic mass is 10.3. The van der Waals surface area contributed by atoms with Crippen LogP contribution in [0.5, 0.6) is 0 Å². The van der Waals surface area contributed by atoms with E-state index in [1.807, 2.05) is 30.5 Å². The van der Waals surface area contributed by atoms with Crippen LogP contribution in [0.4, 0.5) is 11.6 Å². The van der Waals surface area contributed by atoms with E-state index in [0.29, 0.717) is 5.02 Å². The molecule has 0 spiro atoms. The van der Waals surface area contributed by atoms with Gasteiger partial charge in [-0.15, -0.1) is 0 Å². The highest BCUT2D eigenvalue weighted by Gasteiger charge is 2.20. The highest BCUT2D eigenvalue weighted by molar-refractivity contribution is 9.10. The third kappa shape index (κ3) is 2.88. The molecular weight excluding hydrogens is 340 g/mol. The minimum absolute atomic E-state index is 0.686. The Kier molecular flexibility index (Phi) is 4.08. The average molecular weight is 354 g/mol. The van der Waals surface area contributed by atoms with Crippen LogP contribution in [0.3, 0.4) is 0 Å². The van der Waals surface area contributed by atoms with Crippen molar-refractivity contribution in [3.8, 4) is 0 Å². The molecular formula is C14H14BrClN4. The van der Waals surface area contributed by atoms with E-state index in [4.69, 9.17) is 11.6 Å². The molecule has 0 N–H and O–H groups in total. The minimum Gasteiger partial charge on any atom is -0.353 e. The van der Waals surface area contributed by atoms with Crippen molar-refractivity contribution in [3.05, 3.63) is 46.2 Å². The summed E-state index contributed by atoms with van der Waals surface area (Å²) in [6, 6.07) is 7.88. The number of hydrogen-bond acceptors (Lipinski definition) is 4. The summed E-state index contributed by atoms with van der Waals surface area (Å²) >= 11 is 9.63. The first-order valence-electron chi connectivity index (χ1n) is 6.46. The molecule has 0 atom stereocenters. The van der Waals surface area contributed by atoms with Gasteiger partial charge < -0.3 is 9.80 Å². The fourth-order valence-corrected chi connectivity index (χ4v) is 3.08. The Labute approximate surface area is 131 Å². The first kappa shape index (κ1) is 13.6. The van der Waals surface area contributed by atoms with E-state index in [1.165, 1.54) is 0 Å². The molecule has 1 aliphatic heterocycles.